The van der Waals surface area contributed by atoms with Gasteiger partial charge < -0.3 is 4.74 Å². The number of ether oxygens (including phenoxy) is 1. The van der Waals surface area contributed by atoms with E-state index in [1.165, 1.54) is 38.1 Å². The maximum atomic E-state index is 13.4. The van der Waals surface area contributed by atoms with Gasteiger partial charge in [-0.15, -0.1) is 0 Å². The number of Topliss-reactive ketones (excluding diaryl/α,β-unsaturated/α-hetero) is 1. The lowest BCUT2D eigenvalue weighted by molar-refractivity contribution is 0.0319. The van der Waals surface area contributed by atoms with Crippen molar-refractivity contribution in [3.8, 4) is 0 Å². The van der Waals surface area contributed by atoms with E-state index in [0.717, 1.165) is 30.3 Å². The van der Waals surface area contributed by atoms with Gasteiger partial charge in [-0.05, 0) is 67.9 Å². The number of halogens is 3. The molecule has 33 heavy (non-hydrogen) atoms. The zero-order valence-corrected chi connectivity index (χ0v) is 18.3. The average molecular weight is 477 g/mol. The second kappa shape index (κ2) is 9.45. The number of ketones is 1. The van der Waals surface area contributed by atoms with Gasteiger partial charge in [0.1, 0.15) is 5.82 Å². The second-order valence-electron chi connectivity index (χ2n) is 7.10. The van der Waals surface area contributed by atoms with Gasteiger partial charge in [0.15, 0.2) is 17.7 Å². The zero-order chi connectivity index (χ0) is 24.3. The predicted molar refractivity (Wildman–Crippen MR) is 114 cm³/mol. The minimum atomic E-state index is -4.18. The Hall–Kier alpha value is -3.66. The third-order valence-corrected chi connectivity index (χ3v) is 6.20. The van der Waals surface area contributed by atoms with Crippen molar-refractivity contribution < 1.29 is 35.9 Å². The van der Waals surface area contributed by atoms with Crippen molar-refractivity contribution in [3.63, 3.8) is 0 Å². The van der Waals surface area contributed by atoms with Crippen LogP contribution in [0.15, 0.2) is 65.6 Å². The molecule has 3 rings (SSSR count). The van der Waals surface area contributed by atoms with E-state index in [9.17, 15) is 31.2 Å². The number of hydrogen-bond acceptors (Lipinski definition) is 5. The molecule has 1 unspecified atom stereocenters. The number of carbonyl (C=O) groups is 2. The molecule has 0 saturated carbocycles. The number of nitrogens with one attached hydrogen (secondary N) is 1. The molecule has 0 heterocycles. The minimum Gasteiger partial charge on any atom is -0.451 e. The maximum Gasteiger partial charge on any atom is 0.340 e. The van der Waals surface area contributed by atoms with Crippen molar-refractivity contribution in [2.45, 2.75) is 24.8 Å². The summed E-state index contributed by atoms with van der Waals surface area (Å²) in [6, 6.07) is 11.2. The lowest BCUT2D eigenvalue weighted by Crippen LogP contribution is -2.25. The highest BCUT2D eigenvalue weighted by molar-refractivity contribution is 7.92. The first-order chi connectivity index (χ1) is 15.5. The van der Waals surface area contributed by atoms with E-state index in [1.807, 2.05) is 0 Å². The van der Waals surface area contributed by atoms with Crippen LogP contribution in [0.5, 0.6) is 0 Å². The molecule has 0 amide bonds. The first-order valence-electron chi connectivity index (χ1n) is 9.58. The molecule has 0 aliphatic heterocycles. The first-order valence-corrected chi connectivity index (χ1v) is 11.1. The van der Waals surface area contributed by atoms with Crippen molar-refractivity contribution in [1.82, 2.24) is 0 Å². The van der Waals surface area contributed by atoms with Crippen LogP contribution in [-0.4, -0.2) is 26.3 Å². The molecule has 0 aromatic heterocycles. The van der Waals surface area contributed by atoms with Crippen molar-refractivity contribution in [2.75, 3.05) is 4.72 Å². The summed E-state index contributed by atoms with van der Waals surface area (Å²) in [5.74, 6) is -4.76. The summed E-state index contributed by atoms with van der Waals surface area (Å²) >= 11 is 0. The molecule has 0 saturated heterocycles. The van der Waals surface area contributed by atoms with Gasteiger partial charge in [-0.1, -0.05) is 12.1 Å². The Morgan fingerprint density at radius 2 is 1.64 bits per heavy atom. The molecular weight excluding hydrogens is 459 g/mol. The lowest BCUT2D eigenvalue weighted by atomic mass is 10.1. The molecule has 0 fully saturated rings. The molecule has 0 aliphatic rings. The predicted octanol–water partition coefficient (Wildman–Crippen LogP) is 4.64. The van der Waals surface area contributed by atoms with E-state index in [0.29, 0.717) is 6.07 Å². The molecule has 10 heteroatoms. The van der Waals surface area contributed by atoms with Crippen LogP contribution in [-0.2, 0) is 14.8 Å². The summed E-state index contributed by atoms with van der Waals surface area (Å²) in [7, 11) is -4.18. The van der Waals surface area contributed by atoms with Gasteiger partial charge in [0, 0.05) is 5.56 Å². The van der Waals surface area contributed by atoms with Crippen molar-refractivity contribution in [2.24, 2.45) is 0 Å². The van der Waals surface area contributed by atoms with Crippen LogP contribution in [0.25, 0.3) is 0 Å². The second-order valence-corrected chi connectivity index (χ2v) is 8.75. The molecule has 3 aromatic carbocycles. The number of para-hydroxylation sites is 1. The van der Waals surface area contributed by atoms with Crippen LogP contribution in [0, 0.1) is 24.4 Å². The van der Waals surface area contributed by atoms with E-state index >= 15 is 0 Å². The monoisotopic (exact) mass is 477 g/mol. The number of sulfonamides is 1. The molecule has 172 valence electrons. The quantitative estimate of drug-likeness (QED) is 0.396. The third-order valence-electron chi connectivity index (χ3n) is 4.67. The molecule has 0 bridgehead atoms. The van der Waals surface area contributed by atoms with Crippen LogP contribution in [0.4, 0.5) is 18.9 Å². The SMILES string of the molecule is Cc1cc(F)ccc1S(=O)(=O)Nc1ccccc1C(=O)OC(C)C(=O)c1ccc(F)c(F)c1. The highest BCUT2D eigenvalue weighted by atomic mass is 32.2. The Balaban J connectivity index is 1.82. The van der Waals surface area contributed by atoms with E-state index in [2.05, 4.69) is 4.72 Å². The summed E-state index contributed by atoms with van der Waals surface area (Å²) in [4.78, 5) is 24.9. The minimum absolute atomic E-state index is 0.126. The van der Waals surface area contributed by atoms with Crippen molar-refractivity contribution >= 4 is 27.5 Å². The molecule has 0 radical (unpaired) electrons. The van der Waals surface area contributed by atoms with Gasteiger partial charge in [-0.2, -0.15) is 0 Å². The number of hydrogen-bond donors (Lipinski definition) is 1. The fourth-order valence-corrected chi connectivity index (χ4v) is 4.33. The van der Waals surface area contributed by atoms with E-state index in [4.69, 9.17) is 4.74 Å². The molecule has 6 nitrogen and oxygen atoms in total. The topological polar surface area (TPSA) is 89.5 Å². The van der Waals surface area contributed by atoms with Gasteiger partial charge in [-0.3, -0.25) is 9.52 Å². The van der Waals surface area contributed by atoms with Crippen LogP contribution >= 0.6 is 0 Å². The van der Waals surface area contributed by atoms with Gasteiger partial charge in [-0.25, -0.2) is 26.4 Å². The smallest absolute Gasteiger partial charge is 0.340 e. The number of benzene rings is 3. The van der Waals surface area contributed by atoms with E-state index < -0.39 is 45.3 Å². The Labute approximate surface area is 188 Å². The Bertz CT molecular complexity index is 1340. The molecule has 1 atom stereocenters. The summed E-state index contributed by atoms with van der Waals surface area (Å²) in [6.45, 7) is 2.67. The van der Waals surface area contributed by atoms with Gasteiger partial charge in [0.25, 0.3) is 10.0 Å². The number of carbonyl (C=O) groups excluding carboxylic acids is 2. The van der Waals surface area contributed by atoms with E-state index in [1.54, 1.807) is 0 Å². The van der Waals surface area contributed by atoms with Crippen LogP contribution in [0.2, 0.25) is 0 Å². The van der Waals surface area contributed by atoms with Gasteiger partial charge >= 0.3 is 5.97 Å². The summed E-state index contributed by atoms with van der Waals surface area (Å²) in [5.41, 5.74) is -0.354. The highest BCUT2D eigenvalue weighted by Gasteiger charge is 2.25. The zero-order valence-electron chi connectivity index (χ0n) is 17.4. The average Bonchev–Trinajstić information content (AvgIpc) is 2.74. The third kappa shape index (κ3) is 5.40. The largest absolute Gasteiger partial charge is 0.451 e. The molecule has 0 spiro atoms. The Morgan fingerprint density at radius 3 is 2.30 bits per heavy atom. The number of esters is 1. The number of rotatable bonds is 7. The van der Waals surface area contributed by atoms with Crippen molar-refractivity contribution in [3.05, 3.63) is 94.8 Å². The van der Waals surface area contributed by atoms with Gasteiger partial charge in [0.2, 0.25) is 5.78 Å². The first kappa shape index (κ1) is 24.0. The molecule has 1 N–H and O–H groups in total. The Kier molecular flexibility index (Phi) is 6.87. The lowest BCUT2D eigenvalue weighted by Gasteiger charge is -2.16. The molecule has 0 aliphatic carbocycles. The maximum absolute atomic E-state index is 13.4. The number of anilines is 1. The van der Waals surface area contributed by atoms with E-state index in [-0.39, 0.29) is 27.3 Å². The summed E-state index contributed by atoms with van der Waals surface area (Å²) in [5, 5.41) is 0. The van der Waals surface area contributed by atoms with Crippen LogP contribution in [0.3, 0.4) is 0 Å². The number of aryl methyl sites for hydroxylation is 1. The summed E-state index contributed by atoms with van der Waals surface area (Å²) < 4.78 is 72.8. The Morgan fingerprint density at radius 1 is 0.939 bits per heavy atom. The standard InChI is InChI=1S/C23H18F3NO5S/c1-13-11-16(24)8-10-21(13)33(30,31)27-20-6-4-3-5-17(20)23(29)32-14(2)22(28)15-7-9-18(25)19(26)12-15/h3-12,14,27H,1-2H3. The normalized spacial score (nSPS) is 12.2. The molecular formula is C23H18F3NO5S. The highest BCUT2D eigenvalue weighted by Crippen LogP contribution is 2.24. The van der Waals surface area contributed by atoms with Crippen molar-refractivity contribution in [1.29, 1.82) is 0 Å². The fourth-order valence-electron chi connectivity index (χ4n) is 3.03. The van der Waals surface area contributed by atoms with Crippen LogP contribution < -0.4 is 4.72 Å². The van der Waals surface area contributed by atoms with Gasteiger partial charge in [0.05, 0.1) is 16.1 Å². The van der Waals surface area contributed by atoms with Crippen LogP contribution in [0.1, 0.15) is 33.2 Å². The fraction of sp³-hybridized carbons (Fsp3) is 0.130. The summed E-state index contributed by atoms with van der Waals surface area (Å²) in [6.07, 6.45) is -1.37. The molecule has 3 aromatic rings.